The van der Waals surface area contributed by atoms with E-state index in [4.69, 9.17) is 0 Å². The fourth-order valence-corrected chi connectivity index (χ4v) is 3.47. The van der Waals surface area contributed by atoms with Crippen LogP contribution in [0.5, 0.6) is 0 Å². The zero-order valence-electron chi connectivity index (χ0n) is 14.4. The molecule has 0 saturated carbocycles. The van der Waals surface area contributed by atoms with Gasteiger partial charge in [0.2, 0.25) is 0 Å². The Balaban J connectivity index is 1.89. The van der Waals surface area contributed by atoms with Crippen molar-refractivity contribution in [2.75, 3.05) is 38.2 Å². The summed E-state index contributed by atoms with van der Waals surface area (Å²) in [7, 11) is 2.07. The molecule has 1 aliphatic heterocycles. The van der Waals surface area contributed by atoms with Gasteiger partial charge in [-0.15, -0.1) is 0 Å². The number of pyridine rings is 1. The molecule has 3 heterocycles. The number of nitrogens with zero attached hydrogens (tertiary/aromatic N) is 4. The van der Waals surface area contributed by atoms with Gasteiger partial charge in [0, 0.05) is 32.2 Å². The second-order valence-electron chi connectivity index (χ2n) is 6.51. The minimum absolute atomic E-state index is 0.115. The van der Waals surface area contributed by atoms with Crippen LogP contribution in [0.2, 0.25) is 0 Å². The topological polar surface area (TPSA) is 66.3 Å². The van der Waals surface area contributed by atoms with Crippen LogP contribution in [0.4, 0.5) is 0 Å². The molecule has 0 radical (unpaired) electrons. The van der Waals surface area contributed by atoms with Crippen LogP contribution in [-0.2, 0) is 0 Å². The summed E-state index contributed by atoms with van der Waals surface area (Å²) in [6.45, 7) is 5.16. The maximum Gasteiger partial charge on any atom is 0.280 e. The largest absolute Gasteiger partial charge is 0.307 e. The number of aryl methyl sites for hydroxylation is 1. The van der Waals surface area contributed by atoms with Crippen LogP contribution in [-0.4, -0.2) is 52.6 Å². The van der Waals surface area contributed by atoms with Gasteiger partial charge in [-0.3, -0.25) is 14.7 Å². The molecule has 7 heteroatoms. The number of benzene rings is 1. The van der Waals surface area contributed by atoms with Crippen molar-refractivity contribution >= 4 is 10.9 Å². The van der Waals surface area contributed by atoms with Crippen LogP contribution in [0.25, 0.3) is 16.6 Å². The Labute approximate surface area is 144 Å². The molecule has 1 N–H and O–H groups in total. The smallest absolute Gasteiger partial charge is 0.280 e. The maximum absolute atomic E-state index is 12.9. The van der Waals surface area contributed by atoms with Crippen molar-refractivity contribution in [3.05, 3.63) is 62.8 Å². The first-order chi connectivity index (χ1) is 12.1. The molecule has 0 aliphatic carbocycles. The van der Waals surface area contributed by atoms with E-state index in [1.807, 2.05) is 42.3 Å². The SMILES string of the molecule is Cc1c2c(=O)n(-c3ccccc3)[nH]c2cc(=O)n1N1CCN(C)CC1. The number of piperazine rings is 1. The Hall–Kier alpha value is -2.80. The Kier molecular flexibility index (Phi) is 3.73. The fourth-order valence-electron chi connectivity index (χ4n) is 3.47. The second kappa shape index (κ2) is 5.93. The van der Waals surface area contributed by atoms with Gasteiger partial charge in [-0.1, -0.05) is 18.2 Å². The minimum atomic E-state index is -0.137. The van der Waals surface area contributed by atoms with Gasteiger partial charge in [0.1, 0.15) is 0 Å². The summed E-state index contributed by atoms with van der Waals surface area (Å²) in [5.74, 6) is 0. The summed E-state index contributed by atoms with van der Waals surface area (Å²) in [5.41, 5.74) is 1.75. The molecule has 0 bridgehead atoms. The van der Waals surface area contributed by atoms with Crippen LogP contribution < -0.4 is 16.1 Å². The lowest BCUT2D eigenvalue weighted by molar-refractivity contribution is 0.284. The monoisotopic (exact) mass is 339 g/mol. The van der Waals surface area contributed by atoms with Gasteiger partial charge in [0.25, 0.3) is 11.1 Å². The third-order valence-electron chi connectivity index (χ3n) is 4.85. The number of likely N-dealkylation sites (N-methyl/N-ethyl adjacent to an activating group) is 1. The highest BCUT2D eigenvalue weighted by Gasteiger charge is 2.20. The zero-order valence-corrected chi connectivity index (χ0v) is 14.4. The molecule has 25 heavy (non-hydrogen) atoms. The van der Waals surface area contributed by atoms with Gasteiger partial charge in [-0.25, -0.2) is 9.36 Å². The van der Waals surface area contributed by atoms with E-state index < -0.39 is 0 Å². The van der Waals surface area contributed by atoms with Crippen molar-refractivity contribution in [3.63, 3.8) is 0 Å². The molecule has 1 aliphatic rings. The number of hydrogen-bond acceptors (Lipinski definition) is 4. The second-order valence-corrected chi connectivity index (χ2v) is 6.51. The highest BCUT2D eigenvalue weighted by Crippen LogP contribution is 2.14. The Morgan fingerprint density at radius 1 is 1.00 bits per heavy atom. The van der Waals surface area contributed by atoms with E-state index in [9.17, 15) is 9.59 Å². The van der Waals surface area contributed by atoms with Crippen molar-refractivity contribution in [3.8, 4) is 5.69 Å². The number of para-hydroxylation sites is 1. The molecule has 1 fully saturated rings. The highest BCUT2D eigenvalue weighted by atomic mass is 16.1. The van der Waals surface area contributed by atoms with E-state index in [-0.39, 0.29) is 11.1 Å². The van der Waals surface area contributed by atoms with Crippen molar-refractivity contribution in [2.45, 2.75) is 6.92 Å². The number of fused-ring (bicyclic) bond motifs is 1. The molecule has 1 saturated heterocycles. The lowest BCUT2D eigenvalue weighted by Crippen LogP contribution is -2.53. The number of rotatable bonds is 2. The van der Waals surface area contributed by atoms with Crippen LogP contribution in [0.15, 0.2) is 46.0 Å². The summed E-state index contributed by atoms with van der Waals surface area (Å²) in [5, 5.41) is 5.65. The molecule has 0 spiro atoms. The third-order valence-corrected chi connectivity index (χ3v) is 4.85. The first kappa shape index (κ1) is 15.7. The van der Waals surface area contributed by atoms with Crippen LogP contribution >= 0.6 is 0 Å². The number of hydrogen-bond donors (Lipinski definition) is 1. The average Bonchev–Trinajstić information content (AvgIpc) is 2.94. The van der Waals surface area contributed by atoms with Crippen molar-refractivity contribution in [1.82, 2.24) is 19.4 Å². The molecule has 130 valence electrons. The van der Waals surface area contributed by atoms with Gasteiger partial charge in [0.05, 0.1) is 22.3 Å². The third kappa shape index (κ3) is 2.56. The summed E-state index contributed by atoms with van der Waals surface area (Å²) < 4.78 is 3.14. The highest BCUT2D eigenvalue weighted by molar-refractivity contribution is 5.80. The number of aromatic nitrogens is 3. The number of H-pyrrole nitrogens is 1. The van der Waals surface area contributed by atoms with Gasteiger partial charge in [-0.05, 0) is 26.1 Å². The maximum atomic E-state index is 12.9. The molecule has 7 nitrogen and oxygen atoms in total. The predicted octanol–water partition coefficient (Wildman–Crippen LogP) is 0.672. The molecular formula is C18H21N5O2. The standard InChI is InChI=1S/C18H21N5O2/c1-13-17-15(19-22(18(17)25)14-6-4-3-5-7-14)12-16(24)23(13)21-10-8-20(2)9-11-21/h3-7,12,19H,8-11H2,1-2H3. The van der Waals surface area contributed by atoms with Gasteiger partial charge in [0.15, 0.2) is 0 Å². The Bertz CT molecular complexity index is 1020. The quantitative estimate of drug-likeness (QED) is 0.745. The normalized spacial score (nSPS) is 15.8. The van der Waals surface area contributed by atoms with E-state index in [1.165, 1.54) is 10.7 Å². The van der Waals surface area contributed by atoms with Gasteiger partial charge < -0.3 is 9.91 Å². The number of nitrogens with one attached hydrogen (secondary N) is 1. The van der Waals surface area contributed by atoms with E-state index in [2.05, 4.69) is 17.0 Å². The summed E-state index contributed by atoms with van der Waals surface area (Å²) in [4.78, 5) is 27.8. The van der Waals surface area contributed by atoms with Crippen LogP contribution in [0.3, 0.4) is 0 Å². The first-order valence-electron chi connectivity index (χ1n) is 8.43. The first-order valence-corrected chi connectivity index (χ1v) is 8.43. The molecule has 0 amide bonds. The summed E-state index contributed by atoms with van der Waals surface area (Å²) >= 11 is 0. The fraction of sp³-hybridized carbons (Fsp3) is 0.333. The van der Waals surface area contributed by atoms with E-state index >= 15 is 0 Å². The molecule has 4 rings (SSSR count). The van der Waals surface area contributed by atoms with E-state index in [0.717, 1.165) is 31.9 Å². The van der Waals surface area contributed by atoms with Gasteiger partial charge in [-0.2, -0.15) is 0 Å². The molecule has 0 unspecified atom stereocenters. The number of aromatic amines is 1. The van der Waals surface area contributed by atoms with Crippen molar-refractivity contribution in [1.29, 1.82) is 0 Å². The molecule has 2 aromatic heterocycles. The average molecular weight is 339 g/mol. The minimum Gasteiger partial charge on any atom is -0.307 e. The zero-order chi connectivity index (χ0) is 17.6. The van der Waals surface area contributed by atoms with Gasteiger partial charge >= 0.3 is 0 Å². The van der Waals surface area contributed by atoms with Crippen LogP contribution in [0, 0.1) is 6.92 Å². The van der Waals surface area contributed by atoms with E-state index in [1.54, 1.807) is 4.68 Å². The predicted molar refractivity (Wildman–Crippen MR) is 98.3 cm³/mol. The summed E-state index contributed by atoms with van der Waals surface area (Å²) in [6.07, 6.45) is 0. The summed E-state index contributed by atoms with van der Waals surface area (Å²) in [6, 6.07) is 10.9. The molecular weight excluding hydrogens is 318 g/mol. The Morgan fingerprint density at radius 2 is 1.68 bits per heavy atom. The van der Waals surface area contributed by atoms with Crippen molar-refractivity contribution in [2.24, 2.45) is 0 Å². The molecule has 1 aromatic carbocycles. The Morgan fingerprint density at radius 3 is 2.36 bits per heavy atom. The molecule has 0 atom stereocenters. The lowest BCUT2D eigenvalue weighted by atomic mass is 10.2. The van der Waals surface area contributed by atoms with Crippen LogP contribution in [0.1, 0.15) is 5.69 Å². The van der Waals surface area contributed by atoms with Crippen molar-refractivity contribution < 1.29 is 0 Å². The molecule has 3 aromatic rings. The van der Waals surface area contributed by atoms with E-state index in [0.29, 0.717) is 16.6 Å². The lowest BCUT2D eigenvalue weighted by Gasteiger charge is -2.35.